The molecule has 1 atom stereocenters. The molecule has 1 N–H and O–H groups in total. The lowest BCUT2D eigenvalue weighted by molar-refractivity contribution is 0.168. The monoisotopic (exact) mass is 257 g/mol. The van der Waals surface area contributed by atoms with Crippen LogP contribution in [0.1, 0.15) is 30.2 Å². The van der Waals surface area contributed by atoms with Crippen molar-refractivity contribution in [2.75, 3.05) is 11.4 Å². The number of aromatic nitrogens is 2. The smallest absolute Gasteiger partial charge is 0.0817 e. The van der Waals surface area contributed by atoms with E-state index < -0.39 is 0 Å². The van der Waals surface area contributed by atoms with Crippen molar-refractivity contribution in [1.82, 2.24) is 9.78 Å². The summed E-state index contributed by atoms with van der Waals surface area (Å²) in [6, 6.07) is 10.2. The van der Waals surface area contributed by atoms with Crippen LogP contribution in [0.3, 0.4) is 0 Å². The molecule has 0 bridgehead atoms. The number of hydrogen-bond donors (Lipinski definition) is 1. The Morgan fingerprint density at radius 3 is 2.95 bits per heavy atom. The minimum atomic E-state index is -0.343. The number of benzene rings is 1. The van der Waals surface area contributed by atoms with Gasteiger partial charge < -0.3 is 10.0 Å². The van der Waals surface area contributed by atoms with Crippen LogP contribution < -0.4 is 4.90 Å². The Morgan fingerprint density at radius 1 is 1.32 bits per heavy atom. The number of rotatable bonds is 2. The molecule has 19 heavy (non-hydrogen) atoms. The highest BCUT2D eigenvalue weighted by molar-refractivity contribution is 5.55. The van der Waals surface area contributed by atoms with Crippen LogP contribution in [0.15, 0.2) is 36.5 Å². The first kappa shape index (κ1) is 12.2. The third-order valence-electron chi connectivity index (χ3n) is 3.66. The van der Waals surface area contributed by atoms with Gasteiger partial charge in [-0.1, -0.05) is 18.2 Å². The normalized spacial score (nSPS) is 19.1. The standard InChI is InChI=1S/C15H19N3O/c1-17-10-8-12(16-17)11-18-9-4-7-15(19)13-5-2-3-6-14(13)18/h2-3,5-6,8,10,15,19H,4,7,9,11H2,1H3. The lowest BCUT2D eigenvalue weighted by Crippen LogP contribution is -2.23. The molecule has 1 aliphatic heterocycles. The van der Waals surface area contributed by atoms with Gasteiger partial charge in [-0.25, -0.2) is 0 Å². The van der Waals surface area contributed by atoms with Gasteiger partial charge in [0.2, 0.25) is 0 Å². The number of aliphatic hydroxyl groups is 1. The Kier molecular flexibility index (Phi) is 3.25. The molecule has 1 unspecified atom stereocenters. The van der Waals surface area contributed by atoms with Gasteiger partial charge in [0.25, 0.3) is 0 Å². The van der Waals surface area contributed by atoms with Crippen molar-refractivity contribution in [1.29, 1.82) is 0 Å². The first-order valence-electron chi connectivity index (χ1n) is 6.74. The molecule has 3 rings (SSSR count). The summed E-state index contributed by atoms with van der Waals surface area (Å²) < 4.78 is 1.83. The molecule has 0 fully saturated rings. The fraction of sp³-hybridized carbons (Fsp3) is 0.400. The topological polar surface area (TPSA) is 41.3 Å². The van der Waals surface area contributed by atoms with E-state index in [1.165, 1.54) is 0 Å². The van der Waals surface area contributed by atoms with Gasteiger partial charge in [0, 0.05) is 31.0 Å². The summed E-state index contributed by atoms with van der Waals surface area (Å²) in [6.45, 7) is 1.76. The van der Waals surface area contributed by atoms with E-state index in [1.807, 2.05) is 42.2 Å². The van der Waals surface area contributed by atoms with Gasteiger partial charge in [0.05, 0.1) is 18.3 Å². The highest BCUT2D eigenvalue weighted by atomic mass is 16.3. The Bertz CT molecular complexity index is 564. The van der Waals surface area contributed by atoms with E-state index in [-0.39, 0.29) is 6.10 Å². The molecule has 2 aromatic rings. The quantitative estimate of drug-likeness (QED) is 0.897. The second-order valence-corrected chi connectivity index (χ2v) is 5.12. The van der Waals surface area contributed by atoms with Crippen LogP contribution >= 0.6 is 0 Å². The molecule has 0 spiro atoms. The molecule has 0 saturated heterocycles. The van der Waals surface area contributed by atoms with Crippen LogP contribution in [0.5, 0.6) is 0 Å². The molecule has 1 aromatic heterocycles. The third-order valence-corrected chi connectivity index (χ3v) is 3.66. The first-order chi connectivity index (χ1) is 9.24. The molecule has 1 aliphatic rings. The molecule has 0 radical (unpaired) electrons. The Balaban J connectivity index is 1.91. The summed E-state index contributed by atoms with van der Waals surface area (Å²) in [7, 11) is 1.93. The maximum absolute atomic E-state index is 10.2. The van der Waals surface area contributed by atoms with Crippen LogP contribution in [0.25, 0.3) is 0 Å². The lowest BCUT2D eigenvalue weighted by Gasteiger charge is -2.24. The largest absolute Gasteiger partial charge is 0.388 e. The number of fused-ring (bicyclic) bond motifs is 1. The van der Waals surface area contributed by atoms with E-state index in [0.29, 0.717) is 0 Å². The van der Waals surface area contributed by atoms with E-state index in [2.05, 4.69) is 16.1 Å². The minimum Gasteiger partial charge on any atom is -0.388 e. The van der Waals surface area contributed by atoms with Gasteiger partial charge >= 0.3 is 0 Å². The summed E-state index contributed by atoms with van der Waals surface area (Å²) in [6.07, 6.45) is 3.46. The zero-order valence-corrected chi connectivity index (χ0v) is 11.2. The van der Waals surface area contributed by atoms with Gasteiger partial charge in [0.1, 0.15) is 0 Å². The van der Waals surface area contributed by atoms with Crippen molar-refractivity contribution >= 4 is 5.69 Å². The van der Waals surface area contributed by atoms with Crippen molar-refractivity contribution in [2.45, 2.75) is 25.5 Å². The summed E-state index contributed by atoms with van der Waals surface area (Å²) in [5.74, 6) is 0. The highest BCUT2D eigenvalue weighted by Gasteiger charge is 2.21. The molecule has 2 heterocycles. The van der Waals surface area contributed by atoms with Crippen LogP contribution in [0, 0.1) is 0 Å². The predicted octanol–water partition coefficient (Wildman–Crippen LogP) is 2.25. The minimum absolute atomic E-state index is 0.343. The first-order valence-corrected chi connectivity index (χ1v) is 6.74. The number of anilines is 1. The summed E-state index contributed by atoms with van der Waals surface area (Å²) in [5, 5.41) is 14.6. The fourth-order valence-electron chi connectivity index (χ4n) is 2.72. The van der Waals surface area contributed by atoms with Gasteiger partial charge in [-0.05, 0) is 25.0 Å². The van der Waals surface area contributed by atoms with E-state index in [9.17, 15) is 5.11 Å². The zero-order valence-electron chi connectivity index (χ0n) is 11.2. The van der Waals surface area contributed by atoms with Gasteiger partial charge in [-0.15, -0.1) is 0 Å². The second kappa shape index (κ2) is 5.05. The molecule has 0 aliphatic carbocycles. The molecule has 0 saturated carbocycles. The predicted molar refractivity (Wildman–Crippen MR) is 74.9 cm³/mol. The SMILES string of the molecule is Cn1ccc(CN2CCCC(O)c3ccccc32)n1. The highest BCUT2D eigenvalue weighted by Crippen LogP contribution is 2.33. The summed E-state index contributed by atoms with van der Waals surface area (Å²) >= 11 is 0. The van der Waals surface area contributed by atoms with Crippen molar-refractivity contribution in [3.63, 3.8) is 0 Å². The third kappa shape index (κ3) is 2.49. The van der Waals surface area contributed by atoms with Crippen LogP contribution in [-0.2, 0) is 13.6 Å². The van der Waals surface area contributed by atoms with E-state index in [0.717, 1.165) is 42.9 Å². The molecule has 0 amide bonds. The van der Waals surface area contributed by atoms with E-state index >= 15 is 0 Å². The fourth-order valence-corrected chi connectivity index (χ4v) is 2.72. The van der Waals surface area contributed by atoms with Gasteiger partial charge in [0.15, 0.2) is 0 Å². The van der Waals surface area contributed by atoms with Gasteiger partial charge in [-0.3, -0.25) is 4.68 Å². The zero-order chi connectivity index (χ0) is 13.2. The van der Waals surface area contributed by atoms with Crippen molar-refractivity contribution in [3.8, 4) is 0 Å². The van der Waals surface area contributed by atoms with Crippen LogP contribution in [-0.4, -0.2) is 21.4 Å². The van der Waals surface area contributed by atoms with E-state index in [4.69, 9.17) is 0 Å². The molecule has 100 valence electrons. The Labute approximate surface area is 113 Å². The maximum atomic E-state index is 10.2. The van der Waals surface area contributed by atoms with Crippen molar-refractivity contribution in [2.24, 2.45) is 7.05 Å². The lowest BCUT2D eigenvalue weighted by atomic mass is 10.0. The number of aryl methyl sites for hydroxylation is 1. The second-order valence-electron chi connectivity index (χ2n) is 5.12. The van der Waals surface area contributed by atoms with Crippen molar-refractivity contribution in [3.05, 3.63) is 47.8 Å². The molecule has 1 aromatic carbocycles. The molecular weight excluding hydrogens is 238 g/mol. The Morgan fingerprint density at radius 2 is 2.16 bits per heavy atom. The average Bonchev–Trinajstić information content (AvgIpc) is 2.75. The average molecular weight is 257 g/mol. The van der Waals surface area contributed by atoms with E-state index in [1.54, 1.807) is 0 Å². The van der Waals surface area contributed by atoms with Crippen molar-refractivity contribution < 1.29 is 5.11 Å². The van der Waals surface area contributed by atoms with Crippen LogP contribution in [0.2, 0.25) is 0 Å². The maximum Gasteiger partial charge on any atom is 0.0817 e. The van der Waals surface area contributed by atoms with Gasteiger partial charge in [-0.2, -0.15) is 5.10 Å². The number of para-hydroxylation sites is 1. The summed E-state index contributed by atoms with van der Waals surface area (Å²) in [4.78, 5) is 2.31. The molecule has 4 nitrogen and oxygen atoms in total. The number of aliphatic hydroxyl groups excluding tert-OH is 1. The van der Waals surface area contributed by atoms with Crippen LogP contribution in [0.4, 0.5) is 5.69 Å². The number of nitrogens with zero attached hydrogens (tertiary/aromatic N) is 3. The molecular formula is C15H19N3O. The Hall–Kier alpha value is -1.81. The summed E-state index contributed by atoms with van der Waals surface area (Å²) in [5.41, 5.74) is 3.24. The number of hydrogen-bond acceptors (Lipinski definition) is 3. The molecule has 4 heteroatoms.